The molecule has 0 aromatic rings. The van der Waals surface area contributed by atoms with E-state index in [1.165, 1.54) is 57.8 Å². The summed E-state index contributed by atoms with van der Waals surface area (Å²) in [6.07, 6.45) is 18.5. The van der Waals surface area contributed by atoms with Gasteiger partial charge in [0.25, 0.3) is 0 Å². The number of carbonyl (C=O) groups excluding carboxylic acids is 2. The van der Waals surface area contributed by atoms with Crippen molar-refractivity contribution >= 4 is 11.9 Å². The van der Waals surface area contributed by atoms with Crippen LogP contribution in [0.2, 0.25) is 0 Å². The van der Waals surface area contributed by atoms with Crippen LogP contribution >= 0.6 is 0 Å². The maximum Gasteiger partial charge on any atom is 0.306 e. The highest BCUT2D eigenvalue weighted by Crippen LogP contribution is 2.12. The van der Waals surface area contributed by atoms with E-state index in [1.807, 2.05) is 21.1 Å². The van der Waals surface area contributed by atoms with Gasteiger partial charge >= 0.3 is 5.97 Å². The molecule has 0 aliphatic heterocycles. The smallest absolute Gasteiger partial charge is 0.306 e. The fourth-order valence-corrected chi connectivity index (χ4v) is 3.35. The molecule has 0 bridgehead atoms. The second kappa shape index (κ2) is 17.5. The van der Waals surface area contributed by atoms with Gasteiger partial charge in [0.2, 0.25) is 0 Å². The van der Waals surface area contributed by atoms with Gasteiger partial charge in [0, 0.05) is 18.8 Å². The Kier molecular flexibility index (Phi) is 16.7. The predicted molar refractivity (Wildman–Crippen MR) is 117 cm³/mol. The van der Waals surface area contributed by atoms with Gasteiger partial charge in [0.15, 0.2) is 6.10 Å². The number of quaternary nitrogens is 1. The van der Waals surface area contributed by atoms with E-state index in [4.69, 9.17) is 4.74 Å². The monoisotopic (exact) mass is 411 g/mol. The summed E-state index contributed by atoms with van der Waals surface area (Å²) >= 11 is 0. The molecule has 1 unspecified atom stereocenters. The predicted octanol–water partition coefficient (Wildman–Crippen LogP) is 4.39. The van der Waals surface area contributed by atoms with Crippen molar-refractivity contribution in [3.05, 3.63) is 12.2 Å². The Labute approximate surface area is 179 Å². The van der Waals surface area contributed by atoms with E-state index in [0.29, 0.717) is 17.4 Å². The van der Waals surface area contributed by atoms with Crippen molar-refractivity contribution in [2.24, 2.45) is 0 Å². The minimum atomic E-state index is -1.18. The molecule has 5 heteroatoms. The van der Waals surface area contributed by atoms with Crippen LogP contribution in [0.15, 0.2) is 12.2 Å². The van der Waals surface area contributed by atoms with Gasteiger partial charge in [-0.2, -0.15) is 0 Å². The largest absolute Gasteiger partial charge is 0.550 e. The number of carboxylic acids is 1. The molecule has 0 aromatic heterocycles. The highest BCUT2D eigenvalue weighted by Gasteiger charge is 2.22. The summed E-state index contributed by atoms with van der Waals surface area (Å²) in [7, 11) is 5.83. The van der Waals surface area contributed by atoms with Crippen LogP contribution in [0.3, 0.4) is 0 Å². The minimum absolute atomic E-state index is 0.242. The van der Waals surface area contributed by atoms with Gasteiger partial charge in [-0.05, 0) is 32.1 Å². The first-order valence-corrected chi connectivity index (χ1v) is 11.6. The number of allylic oxidation sites excluding steroid dienone is 2. The van der Waals surface area contributed by atoms with E-state index in [0.717, 1.165) is 19.3 Å². The zero-order valence-electron chi connectivity index (χ0n) is 19.4. The molecule has 0 aliphatic carbocycles. The summed E-state index contributed by atoms with van der Waals surface area (Å²) in [6, 6.07) is 0. The highest BCUT2D eigenvalue weighted by atomic mass is 16.5. The molecular weight excluding hydrogens is 366 g/mol. The van der Waals surface area contributed by atoms with Crippen LogP contribution in [0.4, 0.5) is 0 Å². The van der Waals surface area contributed by atoms with Crippen molar-refractivity contribution in [1.82, 2.24) is 0 Å². The number of hydrogen-bond donors (Lipinski definition) is 0. The van der Waals surface area contributed by atoms with Crippen LogP contribution in [0.5, 0.6) is 0 Å². The molecule has 0 aliphatic rings. The third-order valence-corrected chi connectivity index (χ3v) is 4.84. The van der Waals surface area contributed by atoms with Crippen LogP contribution in [0, 0.1) is 0 Å². The van der Waals surface area contributed by atoms with Gasteiger partial charge in [0.1, 0.15) is 6.54 Å². The summed E-state index contributed by atoms with van der Waals surface area (Å²) in [4.78, 5) is 22.8. The first-order valence-electron chi connectivity index (χ1n) is 11.6. The SMILES string of the molecule is CCCCCC/C=C/CCCCCCCCC(=O)OC(CC(=O)[O-])C[N+](C)(C)C. The molecule has 170 valence electrons. The minimum Gasteiger partial charge on any atom is -0.550 e. The molecular formula is C24H45NO4. The van der Waals surface area contributed by atoms with Gasteiger partial charge in [-0.3, -0.25) is 4.79 Å². The summed E-state index contributed by atoms with van der Waals surface area (Å²) < 4.78 is 5.91. The van der Waals surface area contributed by atoms with Crippen LogP contribution in [0.1, 0.15) is 96.8 Å². The number of aliphatic carboxylic acids is 1. The van der Waals surface area contributed by atoms with E-state index < -0.39 is 12.1 Å². The third kappa shape index (κ3) is 21.2. The van der Waals surface area contributed by atoms with Gasteiger partial charge in [0.05, 0.1) is 21.1 Å². The Hall–Kier alpha value is -1.36. The lowest BCUT2D eigenvalue weighted by Crippen LogP contribution is -2.45. The standard InChI is InChI=1S/C24H45NO4/c1-5-6-7-8-9-10-11-12-13-14-15-16-17-18-19-24(28)29-22(20-23(26)27)21-25(2,3)4/h10-11,22H,5-9,12-21H2,1-4H3/b11-10+. The Balaban J connectivity index is 3.67. The summed E-state index contributed by atoms with van der Waals surface area (Å²) in [5.41, 5.74) is 0. The van der Waals surface area contributed by atoms with Crippen LogP contribution < -0.4 is 5.11 Å². The van der Waals surface area contributed by atoms with E-state index in [9.17, 15) is 14.7 Å². The number of unbranched alkanes of at least 4 members (excludes halogenated alkanes) is 10. The van der Waals surface area contributed by atoms with E-state index >= 15 is 0 Å². The average molecular weight is 412 g/mol. The normalized spacial score (nSPS) is 13.0. The molecule has 0 saturated carbocycles. The molecule has 0 amide bonds. The van der Waals surface area contributed by atoms with Crippen molar-refractivity contribution in [3.63, 3.8) is 0 Å². The topological polar surface area (TPSA) is 66.4 Å². The summed E-state index contributed by atoms with van der Waals surface area (Å²) in [6.45, 7) is 2.71. The van der Waals surface area contributed by atoms with Gasteiger partial charge < -0.3 is 19.1 Å². The van der Waals surface area contributed by atoms with E-state index in [1.54, 1.807) is 0 Å². The number of ether oxygens (including phenoxy) is 1. The zero-order valence-corrected chi connectivity index (χ0v) is 19.4. The molecule has 1 atom stereocenters. The molecule has 0 radical (unpaired) electrons. The molecule has 5 nitrogen and oxygen atoms in total. The maximum atomic E-state index is 12.0. The molecule has 0 saturated heterocycles. The Morgan fingerprint density at radius 1 is 0.862 bits per heavy atom. The number of carboxylic acid groups (broad SMARTS) is 1. The van der Waals surface area contributed by atoms with Crippen molar-refractivity contribution in [3.8, 4) is 0 Å². The Morgan fingerprint density at radius 2 is 1.38 bits per heavy atom. The highest BCUT2D eigenvalue weighted by molar-refractivity contribution is 5.70. The number of nitrogens with zero attached hydrogens (tertiary/aromatic N) is 1. The molecule has 0 rings (SSSR count). The lowest BCUT2D eigenvalue weighted by Gasteiger charge is -2.29. The van der Waals surface area contributed by atoms with Crippen molar-refractivity contribution < 1.29 is 23.9 Å². The average Bonchev–Trinajstić information content (AvgIpc) is 2.60. The fraction of sp³-hybridized carbons (Fsp3) is 0.833. The number of esters is 1. The first kappa shape index (κ1) is 27.6. The van der Waals surface area contributed by atoms with Gasteiger partial charge in [-0.25, -0.2) is 0 Å². The fourth-order valence-electron chi connectivity index (χ4n) is 3.35. The Bertz CT molecular complexity index is 454. The van der Waals surface area contributed by atoms with E-state index in [-0.39, 0.29) is 12.4 Å². The molecule has 0 heterocycles. The Morgan fingerprint density at radius 3 is 1.90 bits per heavy atom. The van der Waals surface area contributed by atoms with Gasteiger partial charge in [-0.1, -0.05) is 64.0 Å². The lowest BCUT2D eigenvalue weighted by atomic mass is 10.1. The van der Waals surface area contributed by atoms with Crippen molar-refractivity contribution in [1.29, 1.82) is 0 Å². The number of rotatable bonds is 19. The molecule has 0 aromatic carbocycles. The molecule has 29 heavy (non-hydrogen) atoms. The molecule has 0 spiro atoms. The molecule has 0 N–H and O–H groups in total. The van der Waals surface area contributed by atoms with Crippen molar-refractivity contribution in [2.45, 2.75) is 103 Å². The summed E-state index contributed by atoms with van der Waals surface area (Å²) in [5, 5.41) is 10.9. The second-order valence-corrected chi connectivity index (χ2v) is 9.14. The van der Waals surface area contributed by atoms with Crippen LogP contribution in [0.25, 0.3) is 0 Å². The number of carbonyl (C=O) groups is 2. The molecule has 0 fully saturated rings. The van der Waals surface area contributed by atoms with E-state index in [2.05, 4.69) is 19.1 Å². The quantitative estimate of drug-likeness (QED) is 0.137. The second-order valence-electron chi connectivity index (χ2n) is 9.14. The van der Waals surface area contributed by atoms with Crippen LogP contribution in [-0.4, -0.2) is 50.2 Å². The van der Waals surface area contributed by atoms with Crippen LogP contribution in [-0.2, 0) is 14.3 Å². The zero-order chi connectivity index (χ0) is 22.0. The van der Waals surface area contributed by atoms with Crippen molar-refractivity contribution in [2.75, 3.05) is 27.7 Å². The van der Waals surface area contributed by atoms with Gasteiger partial charge in [-0.15, -0.1) is 0 Å². The maximum absolute atomic E-state index is 12.0. The third-order valence-electron chi connectivity index (χ3n) is 4.84. The summed E-state index contributed by atoms with van der Waals surface area (Å²) in [5.74, 6) is -1.48. The number of hydrogen-bond acceptors (Lipinski definition) is 4. The lowest BCUT2D eigenvalue weighted by molar-refractivity contribution is -0.873. The first-order chi connectivity index (χ1) is 13.7. The number of likely N-dealkylation sites (N-methyl/N-ethyl adjacent to an activating group) is 1.